The lowest BCUT2D eigenvalue weighted by Gasteiger charge is -2.46. The van der Waals surface area contributed by atoms with Crippen LogP contribution in [0.5, 0.6) is 0 Å². The monoisotopic (exact) mass is 479 g/mol. The van der Waals surface area contributed by atoms with E-state index >= 15 is 0 Å². The molecule has 2 aromatic rings. The van der Waals surface area contributed by atoms with Crippen LogP contribution in [0, 0.1) is 5.92 Å². The van der Waals surface area contributed by atoms with Crippen LogP contribution in [0.25, 0.3) is 0 Å². The number of hydrogen-bond donors (Lipinski definition) is 4. The summed E-state index contributed by atoms with van der Waals surface area (Å²) in [6.07, 6.45) is -4.48. The zero-order valence-corrected chi connectivity index (χ0v) is 19.1. The number of Topliss-reactive ketones (excluding diaryl/α,β-unsaturated/α-hetero) is 2. The van der Waals surface area contributed by atoms with Crippen molar-refractivity contribution in [2.75, 3.05) is 6.61 Å². The summed E-state index contributed by atoms with van der Waals surface area (Å²) in [5, 5.41) is 30.3. The third kappa shape index (κ3) is 3.08. The lowest BCUT2D eigenvalue weighted by molar-refractivity contribution is -0.281. The standard InChI is InChI=1S/C27H29NO7/c28-22-25(33)24(32)18(12-29)34-26(22)35-20-11-16-21(14-6-2-3-7-15(14)23(16)31)27(20)17-8-4-1-5-13(17)9-10-19(27)30/h1-8,16,18,20-22,24-26,29,32-33H,9-12,28H2/t16-,18-,20?,21-,22-,24-,25-,26+,27?/m1/s1. The molecule has 4 aliphatic rings. The molecule has 8 heteroatoms. The maximum atomic E-state index is 14.0. The molecule has 0 aromatic heterocycles. The van der Waals surface area contributed by atoms with Gasteiger partial charge in [0.05, 0.1) is 24.2 Å². The summed E-state index contributed by atoms with van der Waals surface area (Å²) in [5.74, 6) is -0.794. The van der Waals surface area contributed by atoms with Crippen molar-refractivity contribution >= 4 is 11.6 Å². The highest BCUT2D eigenvalue weighted by atomic mass is 16.7. The van der Waals surface area contributed by atoms with E-state index in [9.17, 15) is 24.9 Å². The molecule has 8 nitrogen and oxygen atoms in total. The molecule has 9 atom stereocenters. The number of rotatable bonds is 3. The highest BCUT2D eigenvalue weighted by molar-refractivity contribution is 6.07. The summed E-state index contributed by atoms with van der Waals surface area (Å²) in [7, 11) is 0. The number of aliphatic hydroxyl groups excluding tert-OH is 3. The molecule has 1 heterocycles. The van der Waals surface area contributed by atoms with Gasteiger partial charge in [0, 0.05) is 23.8 Å². The number of benzene rings is 2. The molecule has 0 amide bonds. The van der Waals surface area contributed by atoms with E-state index in [2.05, 4.69) is 0 Å². The number of carbonyl (C=O) groups excluding carboxylic acids is 2. The van der Waals surface area contributed by atoms with Gasteiger partial charge in [0.2, 0.25) is 0 Å². The van der Waals surface area contributed by atoms with Gasteiger partial charge in [-0.2, -0.15) is 0 Å². The van der Waals surface area contributed by atoms with E-state index in [0.717, 1.165) is 16.7 Å². The van der Waals surface area contributed by atoms with Crippen molar-refractivity contribution < 1.29 is 34.4 Å². The highest BCUT2D eigenvalue weighted by Gasteiger charge is 2.67. The normalized spacial score (nSPS) is 40.0. The predicted octanol–water partition coefficient (Wildman–Crippen LogP) is 0.591. The maximum Gasteiger partial charge on any atom is 0.176 e. The average molecular weight is 480 g/mol. The van der Waals surface area contributed by atoms with Crippen molar-refractivity contribution in [2.45, 2.75) is 67.3 Å². The minimum Gasteiger partial charge on any atom is -0.394 e. The van der Waals surface area contributed by atoms with Gasteiger partial charge in [-0.15, -0.1) is 0 Å². The number of aliphatic hydroxyl groups is 3. The summed E-state index contributed by atoms with van der Waals surface area (Å²) in [6.45, 7) is -0.528. The van der Waals surface area contributed by atoms with Crippen molar-refractivity contribution in [3.05, 3.63) is 70.8 Å². The van der Waals surface area contributed by atoms with Gasteiger partial charge in [-0.05, 0) is 29.5 Å². The molecule has 2 unspecified atom stereocenters. The second-order valence-electron chi connectivity index (χ2n) is 10.1. The van der Waals surface area contributed by atoms with Crippen LogP contribution >= 0.6 is 0 Å². The van der Waals surface area contributed by atoms with Crippen LogP contribution in [0.2, 0.25) is 0 Å². The van der Waals surface area contributed by atoms with Gasteiger partial charge in [-0.3, -0.25) is 9.59 Å². The second kappa shape index (κ2) is 8.30. The zero-order chi connectivity index (χ0) is 24.5. The Balaban J connectivity index is 1.49. The molecule has 35 heavy (non-hydrogen) atoms. The molecular formula is C27H29NO7. The van der Waals surface area contributed by atoms with Crippen LogP contribution in [0.3, 0.4) is 0 Å². The Morgan fingerprint density at radius 3 is 2.57 bits per heavy atom. The fourth-order valence-electron chi connectivity index (χ4n) is 6.97. The summed E-state index contributed by atoms with van der Waals surface area (Å²) >= 11 is 0. The van der Waals surface area contributed by atoms with Crippen LogP contribution < -0.4 is 5.73 Å². The maximum absolute atomic E-state index is 14.0. The number of nitrogens with two attached hydrogens (primary N) is 1. The van der Waals surface area contributed by atoms with Gasteiger partial charge in [0.15, 0.2) is 12.1 Å². The first-order valence-corrected chi connectivity index (χ1v) is 12.2. The molecule has 1 saturated heterocycles. The minimum absolute atomic E-state index is 0.00415. The molecule has 3 aliphatic carbocycles. The lowest BCUT2D eigenvalue weighted by atomic mass is 9.60. The van der Waals surface area contributed by atoms with Crippen molar-refractivity contribution in [1.29, 1.82) is 0 Å². The van der Waals surface area contributed by atoms with E-state index < -0.39 is 54.7 Å². The molecule has 1 spiro atoms. The van der Waals surface area contributed by atoms with E-state index in [-0.39, 0.29) is 17.5 Å². The number of fused-ring (bicyclic) bond motifs is 6. The number of ether oxygens (including phenoxy) is 2. The van der Waals surface area contributed by atoms with Crippen LogP contribution in [0.4, 0.5) is 0 Å². The third-order valence-electron chi connectivity index (χ3n) is 8.54. The van der Waals surface area contributed by atoms with Crippen molar-refractivity contribution in [1.82, 2.24) is 0 Å². The van der Waals surface area contributed by atoms with E-state index in [1.807, 2.05) is 48.5 Å². The number of aryl methyl sites for hydroxylation is 1. The van der Waals surface area contributed by atoms with E-state index in [4.69, 9.17) is 15.2 Å². The van der Waals surface area contributed by atoms with Crippen LogP contribution in [0.15, 0.2) is 48.5 Å². The SMILES string of the molecule is N[C@H]1[C@H](OC2C[C@H]3C(=O)c4ccccc4[C@H]3C23C(=O)CCc2ccccc23)O[C@H](CO)[C@@H](O)[C@@H]1O. The van der Waals surface area contributed by atoms with E-state index in [1.165, 1.54) is 0 Å². The molecule has 5 N–H and O–H groups in total. The van der Waals surface area contributed by atoms with Crippen LogP contribution in [0.1, 0.15) is 45.8 Å². The average Bonchev–Trinajstić information content (AvgIpc) is 3.35. The summed E-state index contributed by atoms with van der Waals surface area (Å²) in [6, 6.07) is 14.2. The first kappa shape index (κ1) is 23.0. The Morgan fingerprint density at radius 1 is 1.03 bits per heavy atom. The van der Waals surface area contributed by atoms with Gasteiger partial charge in [-0.1, -0.05) is 48.5 Å². The third-order valence-corrected chi connectivity index (χ3v) is 8.54. The fourth-order valence-corrected chi connectivity index (χ4v) is 6.97. The molecular weight excluding hydrogens is 450 g/mol. The van der Waals surface area contributed by atoms with Crippen molar-refractivity contribution in [2.24, 2.45) is 11.7 Å². The Labute approximate surface area is 202 Å². The topological polar surface area (TPSA) is 139 Å². The number of ketones is 2. The van der Waals surface area contributed by atoms with E-state index in [1.54, 1.807) is 0 Å². The van der Waals surface area contributed by atoms with Gasteiger partial charge >= 0.3 is 0 Å². The van der Waals surface area contributed by atoms with Gasteiger partial charge in [0.1, 0.15) is 24.1 Å². The minimum atomic E-state index is -1.38. The highest BCUT2D eigenvalue weighted by Crippen LogP contribution is 2.62. The molecule has 1 saturated carbocycles. The summed E-state index contributed by atoms with van der Waals surface area (Å²) in [4.78, 5) is 27.5. The quantitative estimate of drug-likeness (QED) is 0.502. The first-order chi connectivity index (χ1) is 16.9. The Bertz CT molecular complexity index is 1180. The summed E-state index contributed by atoms with van der Waals surface area (Å²) < 4.78 is 12.2. The number of carbonyl (C=O) groups is 2. The molecule has 1 aliphatic heterocycles. The number of hydrogen-bond acceptors (Lipinski definition) is 8. The molecule has 184 valence electrons. The van der Waals surface area contributed by atoms with E-state index in [0.29, 0.717) is 24.8 Å². The van der Waals surface area contributed by atoms with Crippen LogP contribution in [-0.4, -0.2) is 70.2 Å². The lowest BCUT2D eigenvalue weighted by Crippen LogP contribution is -2.64. The predicted molar refractivity (Wildman–Crippen MR) is 124 cm³/mol. The Kier molecular flexibility index (Phi) is 5.45. The van der Waals surface area contributed by atoms with Gasteiger partial charge in [0.25, 0.3) is 0 Å². The van der Waals surface area contributed by atoms with Gasteiger partial charge in [-0.25, -0.2) is 0 Å². The Morgan fingerprint density at radius 2 is 1.77 bits per heavy atom. The van der Waals surface area contributed by atoms with Crippen molar-refractivity contribution in [3.63, 3.8) is 0 Å². The van der Waals surface area contributed by atoms with Crippen LogP contribution in [-0.2, 0) is 26.1 Å². The molecule has 0 radical (unpaired) electrons. The fraction of sp³-hybridized carbons (Fsp3) is 0.481. The smallest absolute Gasteiger partial charge is 0.176 e. The molecule has 0 bridgehead atoms. The second-order valence-corrected chi connectivity index (χ2v) is 10.1. The molecule has 2 fully saturated rings. The molecule has 2 aromatic carbocycles. The first-order valence-electron chi connectivity index (χ1n) is 12.2. The van der Waals surface area contributed by atoms with Gasteiger partial charge < -0.3 is 30.5 Å². The molecule has 6 rings (SSSR count). The summed E-state index contributed by atoms with van der Waals surface area (Å²) in [5.41, 5.74) is 8.50. The van der Waals surface area contributed by atoms with Crippen molar-refractivity contribution in [3.8, 4) is 0 Å². The zero-order valence-electron chi connectivity index (χ0n) is 19.1. The Hall–Kier alpha value is -2.46. The largest absolute Gasteiger partial charge is 0.394 e.